The summed E-state index contributed by atoms with van der Waals surface area (Å²) in [7, 11) is 0. The highest BCUT2D eigenvalue weighted by molar-refractivity contribution is 5.16. The Morgan fingerprint density at radius 2 is 2.24 bits per heavy atom. The van der Waals surface area contributed by atoms with Gasteiger partial charge >= 0.3 is 0 Å². The van der Waals surface area contributed by atoms with Gasteiger partial charge in [0.15, 0.2) is 0 Å². The largest absolute Gasteiger partial charge is 0.316 e. The Bertz CT molecular complexity index is 368. The zero-order chi connectivity index (χ0) is 12.3. The molecule has 0 amide bonds. The van der Waals surface area contributed by atoms with E-state index in [0.717, 1.165) is 25.3 Å². The molecule has 0 aromatic carbocycles. The number of nitrogens with one attached hydrogen (secondary N) is 1. The number of rotatable bonds is 3. The maximum atomic E-state index is 4.75. The fourth-order valence-electron chi connectivity index (χ4n) is 2.27. The summed E-state index contributed by atoms with van der Waals surface area (Å²) >= 11 is 0. The van der Waals surface area contributed by atoms with E-state index in [1.807, 2.05) is 0 Å². The third-order valence-corrected chi connectivity index (χ3v) is 3.43. The van der Waals surface area contributed by atoms with E-state index in [2.05, 4.69) is 32.2 Å². The number of hydrogen-bond acceptors (Lipinski definition) is 3. The van der Waals surface area contributed by atoms with E-state index in [1.165, 1.54) is 24.2 Å². The lowest BCUT2D eigenvalue weighted by molar-refractivity contribution is 0.444. The lowest BCUT2D eigenvalue weighted by atomic mass is 9.98. The molecule has 2 rings (SSSR count). The van der Waals surface area contributed by atoms with Gasteiger partial charge in [-0.1, -0.05) is 20.8 Å². The lowest BCUT2D eigenvalue weighted by Gasteiger charge is -2.22. The number of aromatic nitrogens is 2. The van der Waals surface area contributed by atoms with Crippen LogP contribution in [0, 0.1) is 0 Å². The van der Waals surface area contributed by atoms with Crippen molar-refractivity contribution in [3.05, 3.63) is 23.3 Å². The van der Waals surface area contributed by atoms with Gasteiger partial charge in [0.2, 0.25) is 0 Å². The molecule has 94 valence electrons. The summed E-state index contributed by atoms with van der Waals surface area (Å²) in [4.78, 5) is 9.46. The highest BCUT2D eigenvalue weighted by atomic mass is 14.9. The molecule has 0 radical (unpaired) electrons. The van der Waals surface area contributed by atoms with E-state index in [0.29, 0.717) is 11.8 Å². The maximum absolute atomic E-state index is 4.75. The zero-order valence-corrected chi connectivity index (χ0v) is 11.2. The summed E-state index contributed by atoms with van der Waals surface area (Å²) in [5, 5.41) is 3.44. The summed E-state index contributed by atoms with van der Waals surface area (Å²) in [5.41, 5.74) is 2.38. The van der Waals surface area contributed by atoms with Crippen molar-refractivity contribution >= 4 is 0 Å². The predicted octanol–water partition coefficient (Wildman–Crippen LogP) is 2.63. The molecule has 1 aliphatic rings. The van der Waals surface area contributed by atoms with Crippen molar-refractivity contribution in [3.63, 3.8) is 0 Å². The van der Waals surface area contributed by atoms with Crippen LogP contribution in [0.3, 0.4) is 0 Å². The SMILES string of the molecule is CCc1cc(C(C)C)nc(C2CCCNC2)n1. The first kappa shape index (κ1) is 12.5. The highest BCUT2D eigenvalue weighted by Crippen LogP contribution is 2.22. The summed E-state index contributed by atoms with van der Waals surface area (Å²) in [6, 6.07) is 2.16. The molecular formula is C14H23N3. The van der Waals surface area contributed by atoms with Gasteiger partial charge in [0.1, 0.15) is 5.82 Å². The Morgan fingerprint density at radius 1 is 1.41 bits per heavy atom. The summed E-state index contributed by atoms with van der Waals surface area (Å²) < 4.78 is 0. The normalized spacial score (nSPS) is 20.8. The molecule has 1 aromatic heterocycles. The lowest BCUT2D eigenvalue weighted by Crippen LogP contribution is -2.29. The van der Waals surface area contributed by atoms with Gasteiger partial charge in [0.05, 0.1) is 0 Å². The molecule has 2 heterocycles. The first-order valence-electron chi connectivity index (χ1n) is 6.79. The van der Waals surface area contributed by atoms with Gasteiger partial charge in [-0.3, -0.25) is 0 Å². The minimum absolute atomic E-state index is 0.485. The molecule has 1 aromatic rings. The van der Waals surface area contributed by atoms with Crippen molar-refractivity contribution in [2.24, 2.45) is 0 Å². The number of hydrogen-bond donors (Lipinski definition) is 1. The van der Waals surface area contributed by atoms with Crippen LogP contribution in [0.4, 0.5) is 0 Å². The van der Waals surface area contributed by atoms with Gasteiger partial charge < -0.3 is 5.32 Å². The van der Waals surface area contributed by atoms with E-state index in [4.69, 9.17) is 9.97 Å². The Labute approximate surface area is 104 Å². The number of nitrogens with zero attached hydrogens (tertiary/aromatic N) is 2. The molecule has 3 heteroatoms. The molecule has 0 aliphatic carbocycles. The minimum Gasteiger partial charge on any atom is -0.316 e. The predicted molar refractivity (Wildman–Crippen MR) is 70.3 cm³/mol. The highest BCUT2D eigenvalue weighted by Gasteiger charge is 2.19. The van der Waals surface area contributed by atoms with E-state index in [9.17, 15) is 0 Å². The van der Waals surface area contributed by atoms with Crippen molar-refractivity contribution in [1.82, 2.24) is 15.3 Å². The Hall–Kier alpha value is -0.960. The molecule has 1 saturated heterocycles. The van der Waals surface area contributed by atoms with Crippen molar-refractivity contribution in [2.45, 2.75) is 51.9 Å². The van der Waals surface area contributed by atoms with Crippen LogP contribution in [0.25, 0.3) is 0 Å². The van der Waals surface area contributed by atoms with E-state index < -0.39 is 0 Å². The average Bonchev–Trinajstić information content (AvgIpc) is 2.39. The molecular weight excluding hydrogens is 210 g/mol. The van der Waals surface area contributed by atoms with Crippen molar-refractivity contribution in [2.75, 3.05) is 13.1 Å². The second-order valence-corrected chi connectivity index (χ2v) is 5.19. The van der Waals surface area contributed by atoms with Gasteiger partial charge in [0, 0.05) is 23.9 Å². The van der Waals surface area contributed by atoms with Crippen LogP contribution in [-0.4, -0.2) is 23.1 Å². The molecule has 0 spiro atoms. The molecule has 1 unspecified atom stereocenters. The molecule has 1 aliphatic heterocycles. The van der Waals surface area contributed by atoms with Gasteiger partial charge in [-0.2, -0.15) is 0 Å². The van der Waals surface area contributed by atoms with E-state index in [-0.39, 0.29) is 0 Å². The van der Waals surface area contributed by atoms with Crippen molar-refractivity contribution in [3.8, 4) is 0 Å². The topological polar surface area (TPSA) is 37.8 Å². The maximum Gasteiger partial charge on any atom is 0.133 e. The molecule has 0 bridgehead atoms. The van der Waals surface area contributed by atoms with E-state index in [1.54, 1.807) is 0 Å². The fourth-order valence-corrected chi connectivity index (χ4v) is 2.27. The summed E-state index contributed by atoms with van der Waals surface area (Å²) in [6.07, 6.45) is 3.45. The Kier molecular flexibility index (Phi) is 4.11. The average molecular weight is 233 g/mol. The summed E-state index contributed by atoms with van der Waals surface area (Å²) in [6.45, 7) is 8.73. The van der Waals surface area contributed by atoms with Crippen LogP contribution < -0.4 is 5.32 Å². The van der Waals surface area contributed by atoms with Gasteiger partial charge in [-0.15, -0.1) is 0 Å². The third kappa shape index (κ3) is 3.03. The zero-order valence-electron chi connectivity index (χ0n) is 11.2. The van der Waals surface area contributed by atoms with Crippen LogP contribution in [0.5, 0.6) is 0 Å². The van der Waals surface area contributed by atoms with Crippen LogP contribution in [0.2, 0.25) is 0 Å². The number of aryl methyl sites for hydroxylation is 1. The summed E-state index contributed by atoms with van der Waals surface area (Å²) in [5.74, 6) is 2.05. The van der Waals surface area contributed by atoms with Crippen LogP contribution in [0.1, 0.15) is 62.7 Å². The first-order valence-corrected chi connectivity index (χ1v) is 6.79. The quantitative estimate of drug-likeness (QED) is 0.872. The van der Waals surface area contributed by atoms with E-state index >= 15 is 0 Å². The van der Waals surface area contributed by atoms with Gasteiger partial charge in [-0.05, 0) is 37.8 Å². The smallest absolute Gasteiger partial charge is 0.133 e. The van der Waals surface area contributed by atoms with Crippen molar-refractivity contribution < 1.29 is 0 Å². The first-order chi connectivity index (χ1) is 8.20. The van der Waals surface area contributed by atoms with Crippen molar-refractivity contribution in [1.29, 1.82) is 0 Å². The monoisotopic (exact) mass is 233 g/mol. The Morgan fingerprint density at radius 3 is 2.82 bits per heavy atom. The Balaban J connectivity index is 2.28. The molecule has 1 fully saturated rings. The molecule has 1 atom stereocenters. The van der Waals surface area contributed by atoms with Crippen LogP contribution in [0.15, 0.2) is 6.07 Å². The third-order valence-electron chi connectivity index (χ3n) is 3.43. The molecule has 17 heavy (non-hydrogen) atoms. The minimum atomic E-state index is 0.485. The van der Waals surface area contributed by atoms with Gasteiger partial charge in [0.25, 0.3) is 0 Å². The molecule has 3 nitrogen and oxygen atoms in total. The molecule has 1 N–H and O–H groups in total. The number of piperidine rings is 1. The van der Waals surface area contributed by atoms with Crippen LogP contribution >= 0.6 is 0 Å². The van der Waals surface area contributed by atoms with Crippen LogP contribution in [-0.2, 0) is 6.42 Å². The second kappa shape index (κ2) is 5.58. The molecule has 0 saturated carbocycles. The standard InChI is InChI=1S/C14H23N3/c1-4-12-8-13(10(2)3)17-14(16-12)11-6-5-7-15-9-11/h8,10-11,15H,4-7,9H2,1-3H3. The fraction of sp³-hybridized carbons (Fsp3) is 0.714. The second-order valence-electron chi connectivity index (χ2n) is 5.19. The van der Waals surface area contributed by atoms with Gasteiger partial charge in [-0.25, -0.2) is 9.97 Å².